The maximum Gasteiger partial charge on any atom is 0.305 e. The number of nitrogens with zero attached hydrogens (tertiary/aromatic N) is 1. The Bertz CT molecular complexity index is 557. The van der Waals surface area contributed by atoms with Gasteiger partial charge in [0.2, 0.25) is 0 Å². The lowest BCUT2D eigenvalue weighted by atomic mass is 10.1. The van der Waals surface area contributed by atoms with Gasteiger partial charge in [-0.1, -0.05) is 6.42 Å². The van der Waals surface area contributed by atoms with Gasteiger partial charge in [-0.15, -0.1) is 0 Å². The second-order valence-corrected chi connectivity index (χ2v) is 4.86. The van der Waals surface area contributed by atoms with E-state index in [1.807, 2.05) is 0 Å². The van der Waals surface area contributed by atoms with Gasteiger partial charge in [0, 0.05) is 24.6 Å². The van der Waals surface area contributed by atoms with Crippen molar-refractivity contribution in [1.82, 2.24) is 0 Å². The number of carbonyl (C=O) groups is 2. The van der Waals surface area contributed by atoms with E-state index in [2.05, 4.69) is 10.1 Å². The first kappa shape index (κ1) is 17.6. The Morgan fingerprint density at radius 2 is 2.00 bits per heavy atom. The molecule has 22 heavy (non-hydrogen) atoms. The van der Waals surface area contributed by atoms with E-state index < -0.39 is 4.92 Å². The highest BCUT2D eigenvalue weighted by Crippen LogP contribution is 2.25. The van der Waals surface area contributed by atoms with Crippen molar-refractivity contribution < 1.29 is 19.2 Å². The van der Waals surface area contributed by atoms with Crippen LogP contribution < -0.4 is 5.32 Å². The molecule has 0 radical (unpaired) electrons. The van der Waals surface area contributed by atoms with Gasteiger partial charge < -0.3 is 10.1 Å². The normalized spacial score (nSPS) is 10.1. The van der Waals surface area contributed by atoms with Crippen LogP contribution in [-0.2, 0) is 9.53 Å². The van der Waals surface area contributed by atoms with Crippen molar-refractivity contribution in [1.29, 1.82) is 0 Å². The number of ketones is 1. The predicted molar refractivity (Wildman–Crippen MR) is 82.1 cm³/mol. The second kappa shape index (κ2) is 8.76. The molecular formula is C15H20N2O5. The summed E-state index contributed by atoms with van der Waals surface area (Å²) >= 11 is 0. The van der Waals surface area contributed by atoms with E-state index in [9.17, 15) is 19.7 Å². The first-order chi connectivity index (χ1) is 10.5. The zero-order chi connectivity index (χ0) is 16.5. The molecule has 0 fully saturated rings. The van der Waals surface area contributed by atoms with Crippen LogP contribution in [0.2, 0.25) is 0 Å². The summed E-state index contributed by atoms with van der Waals surface area (Å²) < 4.78 is 4.54. The van der Waals surface area contributed by atoms with E-state index >= 15 is 0 Å². The van der Waals surface area contributed by atoms with Crippen LogP contribution >= 0.6 is 0 Å². The van der Waals surface area contributed by atoms with Gasteiger partial charge >= 0.3 is 5.97 Å². The monoisotopic (exact) mass is 308 g/mol. The van der Waals surface area contributed by atoms with E-state index in [1.54, 1.807) is 12.1 Å². The number of Topliss-reactive ketones (excluding diaryl/α,β-unsaturated/α-hetero) is 1. The molecule has 0 atom stereocenters. The van der Waals surface area contributed by atoms with Crippen LogP contribution in [0.5, 0.6) is 0 Å². The van der Waals surface area contributed by atoms with Gasteiger partial charge in [0.25, 0.3) is 5.69 Å². The fourth-order valence-electron chi connectivity index (χ4n) is 1.95. The zero-order valence-corrected chi connectivity index (χ0v) is 12.8. The number of carbonyl (C=O) groups excluding carboxylic acids is 2. The van der Waals surface area contributed by atoms with E-state index in [0.717, 1.165) is 19.3 Å². The van der Waals surface area contributed by atoms with E-state index in [0.29, 0.717) is 24.2 Å². The standard InChI is InChI=1S/C15H20N2O5/c1-11(18)12-7-8-13(14(10-12)17(20)21)16-9-5-3-4-6-15(19)22-2/h7-8,10,16H,3-6,9H2,1-2H3. The summed E-state index contributed by atoms with van der Waals surface area (Å²) in [5, 5.41) is 14.0. The Balaban J connectivity index is 2.50. The molecule has 0 amide bonds. The topological polar surface area (TPSA) is 98.5 Å². The Morgan fingerprint density at radius 3 is 2.59 bits per heavy atom. The fraction of sp³-hybridized carbons (Fsp3) is 0.467. The average molecular weight is 308 g/mol. The van der Waals surface area contributed by atoms with Crippen LogP contribution in [0.25, 0.3) is 0 Å². The van der Waals surface area contributed by atoms with Gasteiger partial charge in [-0.3, -0.25) is 19.7 Å². The number of unbranched alkanes of at least 4 members (excludes halogenated alkanes) is 2. The van der Waals surface area contributed by atoms with Gasteiger partial charge in [0.1, 0.15) is 5.69 Å². The maximum absolute atomic E-state index is 11.3. The fourth-order valence-corrected chi connectivity index (χ4v) is 1.95. The van der Waals surface area contributed by atoms with Gasteiger partial charge in [-0.05, 0) is 31.9 Å². The van der Waals surface area contributed by atoms with Gasteiger partial charge in [-0.2, -0.15) is 0 Å². The summed E-state index contributed by atoms with van der Waals surface area (Å²) in [6.07, 6.45) is 2.70. The molecule has 0 saturated heterocycles. The summed E-state index contributed by atoms with van der Waals surface area (Å²) in [7, 11) is 1.35. The van der Waals surface area contributed by atoms with Crippen molar-refractivity contribution in [2.45, 2.75) is 32.6 Å². The van der Waals surface area contributed by atoms with Crippen molar-refractivity contribution >= 4 is 23.1 Å². The predicted octanol–water partition coefficient (Wildman–Crippen LogP) is 2.94. The van der Waals surface area contributed by atoms with Crippen LogP contribution in [0.15, 0.2) is 18.2 Å². The Labute approximate surface area is 128 Å². The minimum atomic E-state index is -0.508. The third kappa shape index (κ3) is 5.51. The molecule has 7 heteroatoms. The van der Waals surface area contributed by atoms with Crippen LogP contribution in [0, 0.1) is 10.1 Å². The van der Waals surface area contributed by atoms with Crippen molar-refractivity contribution in [3.63, 3.8) is 0 Å². The van der Waals surface area contributed by atoms with Gasteiger partial charge in [0.15, 0.2) is 5.78 Å². The number of benzene rings is 1. The minimum absolute atomic E-state index is 0.109. The van der Waals surface area contributed by atoms with E-state index in [1.165, 1.54) is 20.1 Å². The van der Waals surface area contributed by atoms with E-state index in [-0.39, 0.29) is 17.4 Å². The van der Waals surface area contributed by atoms with Crippen LogP contribution in [0.4, 0.5) is 11.4 Å². The lowest BCUT2D eigenvalue weighted by Crippen LogP contribution is -2.06. The highest BCUT2D eigenvalue weighted by Gasteiger charge is 2.15. The molecule has 1 N–H and O–H groups in total. The van der Waals surface area contributed by atoms with Crippen LogP contribution in [0.3, 0.4) is 0 Å². The lowest BCUT2D eigenvalue weighted by molar-refractivity contribution is -0.384. The highest BCUT2D eigenvalue weighted by atomic mass is 16.6. The number of anilines is 1. The largest absolute Gasteiger partial charge is 0.469 e. The number of nitrogens with one attached hydrogen (secondary N) is 1. The van der Waals surface area contributed by atoms with Crippen LogP contribution in [-0.4, -0.2) is 30.3 Å². The summed E-state index contributed by atoms with van der Waals surface area (Å²) in [4.78, 5) is 32.7. The third-order valence-electron chi connectivity index (χ3n) is 3.20. The van der Waals surface area contributed by atoms with Gasteiger partial charge in [0.05, 0.1) is 12.0 Å². The summed E-state index contributed by atoms with van der Waals surface area (Å²) in [6, 6.07) is 4.39. The molecule has 0 aliphatic rings. The molecule has 0 aromatic heterocycles. The first-order valence-electron chi connectivity index (χ1n) is 7.05. The number of rotatable bonds is 9. The molecular weight excluding hydrogens is 288 g/mol. The maximum atomic E-state index is 11.3. The third-order valence-corrected chi connectivity index (χ3v) is 3.20. The van der Waals surface area contributed by atoms with Crippen molar-refractivity contribution in [2.75, 3.05) is 19.0 Å². The molecule has 0 bridgehead atoms. The Hall–Kier alpha value is -2.44. The summed E-state index contributed by atoms with van der Waals surface area (Å²) in [5.41, 5.74) is 0.598. The van der Waals surface area contributed by atoms with Crippen molar-refractivity contribution in [3.8, 4) is 0 Å². The molecule has 7 nitrogen and oxygen atoms in total. The molecule has 0 spiro atoms. The van der Waals surface area contributed by atoms with Crippen molar-refractivity contribution in [3.05, 3.63) is 33.9 Å². The number of hydrogen-bond acceptors (Lipinski definition) is 6. The average Bonchev–Trinajstić information content (AvgIpc) is 2.50. The highest BCUT2D eigenvalue weighted by molar-refractivity contribution is 5.95. The molecule has 0 aliphatic carbocycles. The number of nitro benzene ring substituents is 1. The second-order valence-electron chi connectivity index (χ2n) is 4.86. The quantitative estimate of drug-likeness (QED) is 0.247. The van der Waals surface area contributed by atoms with E-state index in [4.69, 9.17) is 0 Å². The lowest BCUT2D eigenvalue weighted by Gasteiger charge is -2.08. The molecule has 1 rings (SSSR count). The molecule has 120 valence electrons. The number of esters is 1. The number of nitro groups is 1. The minimum Gasteiger partial charge on any atom is -0.469 e. The van der Waals surface area contributed by atoms with Crippen molar-refractivity contribution in [2.24, 2.45) is 0 Å². The Morgan fingerprint density at radius 1 is 1.27 bits per heavy atom. The summed E-state index contributed by atoms with van der Waals surface area (Å²) in [6.45, 7) is 1.93. The molecule has 0 heterocycles. The molecule has 1 aromatic rings. The Kier molecular flexibility index (Phi) is 7.01. The molecule has 0 saturated carbocycles. The first-order valence-corrected chi connectivity index (χ1v) is 7.05. The smallest absolute Gasteiger partial charge is 0.305 e. The SMILES string of the molecule is COC(=O)CCCCCNc1ccc(C(C)=O)cc1[N+](=O)[O-]. The molecule has 0 unspecified atom stereocenters. The van der Waals surface area contributed by atoms with Gasteiger partial charge in [-0.25, -0.2) is 0 Å². The van der Waals surface area contributed by atoms with Crippen LogP contribution in [0.1, 0.15) is 43.0 Å². The number of ether oxygens (including phenoxy) is 1. The zero-order valence-electron chi connectivity index (χ0n) is 12.8. The molecule has 0 aliphatic heterocycles. The number of methoxy groups -OCH3 is 1. The summed E-state index contributed by atoms with van der Waals surface area (Å²) in [5.74, 6) is -0.444. The number of hydrogen-bond donors (Lipinski definition) is 1. The molecule has 1 aromatic carbocycles.